The van der Waals surface area contributed by atoms with Gasteiger partial charge in [0.2, 0.25) is 0 Å². The van der Waals surface area contributed by atoms with Crippen molar-refractivity contribution in [3.8, 4) is 22.3 Å². The topological polar surface area (TPSA) is 16.1 Å². The number of pyridine rings is 1. The van der Waals surface area contributed by atoms with Gasteiger partial charge in [0.05, 0.1) is 11.2 Å². The number of aromatic nitrogens is 1. The Hall–Kier alpha value is -5.21. The van der Waals surface area contributed by atoms with Crippen molar-refractivity contribution in [2.75, 3.05) is 4.90 Å². The van der Waals surface area contributed by atoms with Crippen LogP contribution in [0.2, 0.25) is 0 Å². The number of hydrogen-bond donors (Lipinski definition) is 0. The Balaban J connectivity index is 1.41. The van der Waals surface area contributed by atoms with Gasteiger partial charge < -0.3 is 4.90 Å². The summed E-state index contributed by atoms with van der Waals surface area (Å²) >= 11 is 0. The number of hydrogen-bond acceptors (Lipinski definition) is 2. The summed E-state index contributed by atoms with van der Waals surface area (Å²) in [5.41, 5.74) is 13.4. The van der Waals surface area contributed by atoms with Crippen LogP contribution in [0.4, 0.5) is 17.1 Å². The van der Waals surface area contributed by atoms with Gasteiger partial charge in [-0.3, -0.25) is 4.98 Å². The lowest BCUT2D eigenvalue weighted by Gasteiger charge is -2.27. The number of nitrogens with zero attached hydrogens (tertiary/aromatic N) is 2. The summed E-state index contributed by atoms with van der Waals surface area (Å²) in [5.74, 6) is 0. The van der Waals surface area contributed by atoms with E-state index in [1.165, 1.54) is 38.9 Å². The maximum Gasteiger partial charge on any atom is 0.0723 e. The molecule has 0 amide bonds. The smallest absolute Gasteiger partial charge is 0.0723 e. The van der Waals surface area contributed by atoms with Crippen LogP contribution in [-0.2, 0) is 6.42 Å². The van der Waals surface area contributed by atoms with E-state index in [0.717, 1.165) is 34.4 Å². The molecule has 2 heteroatoms. The number of benzene rings is 5. The fraction of sp³-hybridized carbons (Fsp3) is 0.0263. The minimum atomic E-state index is 0.939. The molecule has 0 aliphatic heterocycles. The number of rotatable bonds is 6. The first-order valence-corrected chi connectivity index (χ1v) is 13.6. The van der Waals surface area contributed by atoms with Crippen LogP contribution in [0.15, 0.2) is 146 Å². The average Bonchev–Trinajstić information content (AvgIpc) is 3.40. The highest BCUT2D eigenvalue weighted by Gasteiger charge is 2.23. The van der Waals surface area contributed by atoms with E-state index in [1.807, 2.05) is 24.4 Å². The summed E-state index contributed by atoms with van der Waals surface area (Å²) in [5, 5.41) is 1.11. The summed E-state index contributed by atoms with van der Waals surface area (Å²) < 4.78 is 0. The quantitative estimate of drug-likeness (QED) is 0.206. The molecule has 0 spiro atoms. The molecule has 7 rings (SSSR count). The Morgan fingerprint density at radius 1 is 0.675 bits per heavy atom. The molecule has 0 fully saturated rings. The van der Waals surface area contributed by atoms with Crippen molar-refractivity contribution in [2.24, 2.45) is 0 Å². The normalized spacial score (nSPS) is 11.9. The highest BCUT2D eigenvalue weighted by atomic mass is 15.1. The van der Waals surface area contributed by atoms with Crippen LogP contribution in [0.25, 0.3) is 39.2 Å². The van der Waals surface area contributed by atoms with Crippen LogP contribution in [0.5, 0.6) is 0 Å². The third-order valence-corrected chi connectivity index (χ3v) is 7.73. The molecule has 1 aliphatic carbocycles. The molecule has 6 aromatic rings. The van der Waals surface area contributed by atoms with E-state index in [2.05, 4.69) is 138 Å². The van der Waals surface area contributed by atoms with Gasteiger partial charge in [-0.05, 0) is 81.8 Å². The number of para-hydroxylation sites is 2. The van der Waals surface area contributed by atoms with E-state index in [0.29, 0.717) is 0 Å². The fourth-order valence-electron chi connectivity index (χ4n) is 5.93. The van der Waals surface area contributed by atoms with Crippen molar-refractivity contribution in [1.82, 2.24) is 4.98 Å². The second kappa shape index (κ2) is 10.2. The monoisotopic (exact) mass is 512 g/mol. The van der Waals surface area contributed by atoms with Crippen LogP contribution >= 0.6 is 0 Å². The maximum atomic E-state index is 4.62. The first-order valence-electron chi connectivity index (χ1n) is 13.6. The second-order valence-electron chi connectivity index (χ2n) is 10.1. The van der Waals surface area contributed by atoms with Crippen LogP contribution < -0.4 is 4.90 Å². The highest BCUT2D eigenvalue weighted by Crippen LogP contribution is 2.44. The molecule has 1 aliphatic rings. The summed E-state index contributed by atoms with van der Waals surface area (Å²) in [6, 6.07) is 43.2. The highest BCUT2D eigenvalue weighted by molar-refractivity contribution is 5.97. The van der Waals surface area contributed by atoms with Crippen LogP contribution in [0, 0.1) is 0 Å². The maximum absolute atomic E-state index is 4.62. The van der Waals surface area contributed by atoms with Gasteiger partial charge in [0, 0.05) is 23.0 Å². The standard InChI is InChI=1S/C38H28N2/c1-2-3-17-33-32(21-22-34-31-18-8-7-12-28(31)26-36(33)34)27-13-11-16-30(25-27)40(29-14-5-4-6-15-29)38-23-24-39-37-20-10-9-19-35(37)38/h2-25H,1,26H2/b17-3-. The molecule has 0 bridgehead atoms. The van der Waals surface area contributed by atoms with Crippen molar-refractivity contribution in [3.63, 3.8) is 0 Å². The van der Waals surface area contributed by atoms with E-state index in [1.54, 1.807) is 0 Å². The van der Waals surface area contributed by atoms with Crippen molar-refractivity contribution in [3.05, 3.63) is 163 Å². The van der Waals surface area contributed by atoms with Crippen LogP contribution in [-0.4, -0.2) is 4.98 Å². The van der Waals surface area contributed by atoms with E-state index in [4.69, 9.17) is 0 Å². The second-order valence-corrected chi connectivity index (χ2v) is 10.1. The minimum Gasteiger partial charge on any atom is -0.310 e. The first-order chi connectivity index (χ1) is 19.8. The average molecular weight is 513 g/mol. The summed E-state index contributed by atoms with van der Waals surface area (Å²) in [6.07, 6.45) is 8.95. The molecule has 0 N–H and O–H groups in total. The molecule has 0 saturated heterocycles. The van der Waals surface area contributed by atoms with Gasteiger partial charge >= 0.3 is 0 Å². The molecular formula is C38H28N2. The van der Waals surface area contributed by atoms with Gasteiger partial charge in [-0.1, -0.05) is 110 Å². The predicted molar refractivity (Wildman–Crippen MR) is 169 cm³/mol. The van der Waals surface area contributed by atoms with Crippen molar-refractivity contribution >= 4 is 34.0 Å². The fourth-order valence-corrected chi connectivity index (χ4v) is 5.93. The number of anilines is 3. The van der Waals surface area contributed by atoms with E-state index in [-0.39, 0.29) is 0 Å². The number of fused-ring (bicyclic) bond motifs is 4. The molecule has 5 aromatic carbocycles. The lowest BCUT2D eigenvalue weighted by molar-refractivity contribution is 1.25. The van der Waals surface area contributed by atoms with Gasteiger partial charge in [0.25, 0.3) is 0 Å². The third-order valence-electron chi connectivity index (χ3n) is 7.73. The van der Waals surface area contributed by atoms with Crippen LogP contribution in [0.3, 0.4) is 0 Å². The Labute approximate surface area is 235 Å². The largest absolute Gasteiger partial charge is 0.310 e. The lowest BCUT2D eigenvalue weighted by Crippen LogP contribution is -2.10. The SMILES string of the molecule is C=C/C=C\c1c(-c2cccc(N(c3ccccc3)c3ccnc4ccccc34)c2)ccc2c1Cc1ccccc1-2. The number of allylic oxidation sites excluding steroid dienone is 2. The molecule has 0 unspecified atom stereocenters. The molecule has 190 valence electrons. The molecule has 0 radical (unpaired) electrons. The molecule has 2 nitrogen and oxygen atoms in total. The Morgan fingerprint density at radius 3 is 2.35 bits per heavy atom. The molecular weight excluding hydrogens is 484 g/mol. The zero-order valence-corrected chi connectivity index (χ0v) is 22.2. The van der Waals surface area contributed by atoms with E-state index in [9.17, 15) is 0 Å². The Bertz CT molecular complexity index is 1890. The Morgan fingerprint density at radius 2 is 1.45 bits per heavy atom. The van der Waals surface area contributed by atoms with Crippen molar-refractivity contribution in [2.45, 2.75) is 6.42 Å². The van der Waals surface area contributed by atoms with Gasteiger partial charge in [-0.25, -0.2) is 0 Å². The molecule has 1 heterocycles. The molecule has 40 heavy (non-hydrogen) atoms. The van der Waals surface area contributed by atoms with E-state index >= 15 is 0 Å². The lowest BCUT2D eigenvalue weighted by atomic mass is 9.91. The summed E-state index contributed by atoms with van der Waals surface area (Å²) in [4.78, 5) is 6.95. The molecule has 1 aromatic heterocycles. The van der Waals surface area contributed by atoms with Crippen LogP contribution in [0.1, 0.15) is 16.7 Å². The van der Waals surface area contributed by atoms with Crippen molar-refractivity contribution in [1.29, 1.82) is 0 Å². The molecule has 0 atom stereocenters. The summed E-state index contributed by atoms with van der Waals surface area (Å²) in [7, 11) is 0. The first kappa shape index (κ1) is 23.9. The predicted octanol–water partition coefficient (Wildman–Crippen LogP) is 10.1. The van der Waals surface area contributed by atoms with Gasteiger partial charge in [0.1, 0.15) is 0 Å². The zero-order chi connectivity index (χ0) is 26.9. The zero-order valence-electron chi connectivity index (χ0n) is 22.2. The van der Waals surface area contributed by atoms with Gasteiger partial charge in [0.15, 0.2) is 0 Å². The van der Waals surface area contributed by atoms with E-state index < -0.39 is 0 Å². The molecule has 0 saturated carbocycles. The Kier molecular flexibility index (Phi) is 6.07. The van der Waals surface area contributed by atoms with Gasteiger partial charge in [-0.15, -0.1) is 0 Å². The minimum absolute atomic E-state index is 0.939. The summed E-state index contributed by atoms with van der Waals surface area (Å²) in [6.45, 7) is 3.94. The van der Waals surface area contributed by atoms with Crippen molar-refractivity contribution < 1.29 is 0 Å². The van der Waals surface area contributed by atoms with Gasteiger partial charge in [-0.2, -0.15) is 0 Å². The third kappa shape index (κ3) is 4.11.